The van der Waals surface area contributed by atoms with Crippen molar-refractivity contribution in [1.82, 2.24) is 19.1 Å². The second kappa shape index (κ2) is 10.7. The van der Waals surface area contributed by atoms with Gasteiger partial charge in [-0.15, -0.1) is 0 Å². The van der Waals surface area contributed by atoms with Crippen molar-refractivity contribution < 1.29 is 0 Å². The Balaban J connectivity index is 1.21. The third kappa shape index (κ3) is 4.24. The molecule has 268 valence electrons. The van der Waals surface area contributed by atoms with Gasteiger partial charge in [0.1, 0.15) is 11.3 Å². The SMILES string of the molecule is CC(C)(C)c1cc2c3c(c1)c1cccnc1n3-c1cc3c(cc1C2(C)C)C(C)(C)c1ccccc1N3c1cccc(-n2c3ccccc3c3cccnc32)c1. The number of aromatic nitrogens is 4. The molecule has 55 heavy (non-hydrogen) atoms. The Morgan fingerprint density at radius 2 is 1.11 bits per heavy atom. The first-order chi connectivity index (χ1) is 26.4. The summed E-state index contributed by atoms with van der Waals surface area (Å²) >= 11 is 0. The molecule has 6 heterocycles. The molecular weight excluding hydrogens is 671 g/mol. The molecule has 2 aliphatic heterocycles. The first kappa shape index (κ1) is 32.2. The Kier molecular flexibility index (Phi) is 6.29. The van der Waals surface area contributed by atoms with Gasteiger partial charge < -0.3 is 4.90 Å². The number of nitrogens with zero attached hydrogens (tertiary/aromatic N) is 5. The fourth-order valence-corrected chi connectivity index (χ4v) is 9.79. The van der Waals surface area contributed by atoms with Crippen LogP contribution in [0.3, 0.4) is 0 Å². The summed E-state index contributed by atoms with van der Waals surface area (Å²) in [4.78, 5) is 12.5. The van der Waals surface area contributed by atoms with E-state index in [0.717, 1.165) is 33.6 Å². The number of benzene rings is 5. The van der Waals surface area contributed by atoms with Gasteiger partial charge >= 0.3 is 0 Å². The molecule has 5 heteroatoms. The highest BCUT2D eigenvalue weighted by atomic mass is 15.2. The molecule has 0 saturated carbocycles. The molecule has 0 unspecified atom stereocenters. The van der Waals surface area contributed by atoms with E-state index in [0.29, 0.717) is 0 Å². The van der Waals surface area contributed by atoms with Crippen molar-refractivity contribution in [1.29, 1.82) is 0 Å². The summed E-state index contributed by atoms with van der Waals surface area (Å²) in [6.07, 6.45) is 3.83. The minimum atomic E-state index is -0.254. The van der Waals surface area contributed by atoms with Crippen molar-refractivity contribution in [2.24, 2.45) is 0 Å². The van der Waals surface area contributed by atoms with E-state index in [-0.39, 0.29) is 16.2 Å². The van der Waals surface area contributed by atoms with E-state index in [4.69, 9.17) is 9.97 Å². The van der Waals surface area contributed by atoms with Crippen LogP contribution in [-0.4, -0.2) is 19.1 Å². The zero-order valence-corrected chi connectivity index (χ0v) is 32.4. The van der Waals surface area contributed by atoms with Crippen LogP contribution in [0.1, 0.15) is 76.3 Å². The largest absolute Gasteiger partial charge is 0.310 e. The minimum Gasteiger partial charge on any atom is -0.310 e. The normalized spacial score (nSPS) is 15.4. The summed E-state index contributed by atoms with van der Waals surface area (Å²) in [6, 6.07) is 45.0. The number of anilines is 3. The van der Waals surface area contributed by atoms with Gasteiger partial charge in [0.05, 0.1) is 28.1 Å². The Morgan fingerprint density at radius 1 is 0.473 bits per heavy atom. The number of hydrogen-bond acceptors (Lipinski definition) is 3. The summed E-state index contributed by atoms with van der Waals surface area (Å²) in [5, 5.41) is 4.83. The van der Waals surface area contributed by atoms with E-state index >= 15 is 0 Å². The standard InChI is InChI=1S/C50H43N5/c1-48(2,3)30-25-36-35-19-14-24-52-47(35)55-44-29-43-38(28-39(44)50(6,7)40(26-30)45(36)55)49(4,5)37-20-9-11-22-42(37)53(43)31-15-12-16-32(27-31)54-41-21-10-8-17-33(41)34-18-13-23-51-46(34)54/h8-29H,1-7H3. The average molecular weight is 714 g/mol. The zero-order valence-electron chi connectivity index (χ0n) is 32.4. The van der Waals surface area contributed by atoms with Crippen molar-refractivity contribution >= 4 is 60.9 Å². The molecule has 0 saturated heterocycles. The third-order valence-corrected chi connectivity index (χ3v) is 12.7. The molecule has 9 aromatic rings. The lowest BCUT2D eigenvalue weighted by atomic mass is 9.68. The second-order valence-electron chi connectivity index (χ2n) is 17.6. The van der Waals surface area contributed by atoms with Crippen molar-refractivity contribution in [3.05, 3.63) is 162 Å². The lowest BCUT2D eigenvalue weighted by Gasteiger charge is -2.44. The zero-order chi connectivity index (χ0) is 37.6. The molecule has 0 spiro atoms. The van der Waals surface area contributed by atoms with Crippen molar-refractivity contribution in [3.8, 4) is 11.4 Å². The first-order valence-electron chi connectivity index (χ1n) is 19.4. The molecule has 0 amide bonds. The monoisotopic (exact) mass is 713 g/mol. The van der Waals surface area contributed by atoms with Gasteiger partial charge in [0.2, 0.25) is 0 Å². The smallest absolute Gasteiger partial charge is 0.145 e. The highest BCUT2D eigenvalue weighted by Gasteiger charge is 2.42. The second-order valence-corrected chi connectivity index (χ2v) is 17.6. The van der Waals surface area contributed by atoms with Crippen LogP contribution >= 0.6 is 0 Å². The predicted molar refractivity (Wildman–Crippen MR) is 228 cm³/mol. The maximum atomic E-state index is 5.09. The molecule has 5 aromatic carbocycles. The van der Waals surface area contributed by atoms with Gasteiger partial charge in [-0.2, -0.15) is 0 Å². The van der Waals surface area contributed by atoms with E-state index in [2.05, 4.69) is 178 Å². The van der Waals surface area contributed by atoms with Crippen molar-refractivity contribution in [3.63, 3.8) is 0 Å². The number of rotatable bonds is 2. The van der Waals surface area contributed by atoms with Crippen molar-refractivity contribution in [2.45, 2.75) is 64.7 Å². The number of pyridine rings is 2. The van der Waals surface area contributed by atoms with Crippen LogP contribution in [0.15, 0.2) is 134 Å². The van der Waals surface area contributed by atoms with Crippen LogP contribution in [0.2, 0.25) is 0 Å². The van der Waals surface area contributed by atoms with E-state index < -0.39 is 0 Å². The molecule has 0 atom stereocenters. The Bertz CT molecular complexity index is 3040. The van der Waals surface area contributed by atoms with Crippen molar-refractivity contribution in [2.75, 3.05) is 4.90 Å². The fourth-order valence-electron chi connectivity index (χ4n) is 9.79. The fraction of sp³-hybridized carbons (Fsp3) is 0.200. The number of para-hydroxylation sites is 2. The van der Waals surface area contributed by atoms with Crippen LogP contribution in [-0.2, 0) is 16.2 Å². The Morgan fingerprint density at radius 3 is 1.89 bits per heavy atom. The molecule has 0 N–H and O–H groups in total. The minimum absolute atomic E-state index is 0.00353. The van der Waals surface area contributed by atoms with Gasteiger partial charge in [-0.1, -0.05) is 97.0 Å². The highest BCUT2D eigenvalue weighted by molar-refractivity contribution is 6.11. The Hall–Kier alpha value is -6.20. The summed E-state index contributed by atoms with van der Waals surface area (Å²) in [5.74, 6) is 0. The molecule has 5 nitrogen and oxygen atoms in total. The maximum absolute atomic E-state index is 5.09. The van der Waals surface area contributed by atoms with Crippen LogP contribution < -0.4 is 4.90 Å². The first-order valence-corrected chi connectivity index (χ1v) is 19.4. The molecule has 4 aromatic heterocycles. The quantitative estimate of drug-likeness (QED) is 0.179. The lowest BCUT2D eigenvalue weighted by molar-refractivity contribution is 0.580. The topological polar surface area (TPSA) is 38.9 Å². The van der Waals surface area contributed by atoms with Crippen LogP contribution in [0.25, 0.3) is 55.2 Å². The van der Waals surface area contributed by atoms with E-state index in [1.165, 1.54) is 66.6 Å². The van der Waals surface area contributed by atoms with Gasteiger partial charge in [0.25, 0.3) is 0 Å². The summed E-state index contributed by atoms with van der Waals surface area (Å²) in [6.45, 7) is 16.6. The van der Waals surface area contributed by atoms with Gasteiger partial charge in [0, 0.05) is 56.1 Å². The molecule has 0 fully saturated rings. The van der Waals surface area contributed by atoms with E-state index in [1.54, 1.807) is 0 Å². The summed E-state index contributed by atoms with van der Waals surface area (Å²) < 4.78 is 4.76. The van der Waals surface area contributed by atoms with Crippen LogP contribution in [0, 0.1) is 0 Å². The molecule has 0 radical (unpaired) electrons. The number of fused-ring (bicyclic) bond motifs is 10. The molecule has 2 aliphatic rings. The average Bonchev–Trinajstić information content (AvgIpc) is 3.70. The summed E-state index contributed by atoms with van der Waals surface area (Å²) in [5.41, 5.74) is 16.3. The predicted octanol–water partition coefficient (Wildman–Crippen LogP) is 12.7. The molecular formula is C50H43N5. The van der Waals surface area contributed by atoms with Crippen LogP contribution in [0.4, 0.5) is 17.1 Å². The number of hydrogen-bond donors (Lipinski definition) is 0. The van der Waals surface area contributed by atoms with Gasteiger partial charge in [-0.3, -0.25) is 9.13 Å². The molecule has 11 rings (SSSR count). The highest BCUT2D eigenvalue weighted by Crippen LogP contribution is 2.56. The van der Waals surface area contributed by atoms with Gasteiger partial charge in [-0.05, 0) is 106 Å². The Labute approximate surface area is 321 Å². The molecule has 0 bridgehead atoms. The summed E-state index contributed by atoms with van der Waals surface area (Å²) in [7, 11) is 0. The maximum Gasteiger partial charge on any atom is 0.145 e. The third-order valence-electron chi connectivity index (χ3n) is 12.7. The van der Waals surface area contributed by atoms with Gasteiger partial charge in [-0.25, -0.2) is 9.97 Å². The van der Waals surface area contributed by atoms with E-state index in [9.17, 15) is 0 Å². The van der Waals surface area contributed by atoms with E-state index in [1.807, 2.05) is 18.5 Å². The molecule has 0 aliphatic carbocycles. The lowest BCUT2D eigenvalue weighted by Crippen LogP contribution is -2.33. The van der Waals surface area contributed by atoms with Gasteiger partial charge in [0.15, 0.2) is 0 Å². The van der Waals surface area contributed by atoms with Crippen LogP contribution in [0.5, 0.6) is 0 Å².